The molecule has 0 heterocycles. The molecular formula is C15H17NO. The van der Waals surface area contributed by atoms with Gasteiger partial charge in [-0.05, 0) is 35.2 Å². The molecule has 0 unspecified atom stereocenters. The zero-order valence-electron chi connectivity index (χ0n) is 9.93. The minimum atomic E-state index is -0.584. The average molecular weight is 227 g/mol. The fourth-order valence-electron chi connectivity index (χ4n) is 1.95. The Labute approximate surface area is 102 Å². The summed E-state index contributed by atoms with van der Waals surface area (Å²) < 4.78 is 0. The molecule has 0 fully saturated rings. The molecule has 0 saturated heterocycles. The van der Waals surface area contributed by atoms with E-state index in [0.717, 1.165) is 11.1 Å². The van der Waals surface area contributed by atoms with Crippen molar-refractivity contribution in [3.05, 3.63) is 59.7 Å². The molecule has 0 aromatic heterocycles. The second kappa shape index (κ2) is 5.13. The Morgan fingerprint density at radius 1 is 1.12 bits per heavy atom. The van der Waals surface area contributed by atoms with Crippen molar-refractivity contribution in [1.29, 1.82) is 0 Å². The van der Waals surface area contributed by atoms with Gasteiger partial charge in [-0.15, -0.1) is 0 Å². The van der Waals surface area contributed by atoms with Crippen LogP contribution in [0.4, 0.5) is 0 Å². The summed E-state index contributed by atoms with van der Waals surface area (Å²) in [5, 5.41) is 9.74. The molecule has 0 radical (unpaired) electrons. The Balaban J connectivity index is 2.43. The Kier molecular flexibility index (Phi) is 3.57. The molecular weight excluding hydrogens is 210 g/mol. The van der Waals surface area contributed by atoms with E-state index in [0.29, 0.717) is 0 Å². The smallest absolute Gasteiger partial charge is 0.0912 e. The van der Waals surface area contributed by atoms with Crippen molar-refractivity contribution in [1.82, 2.24) is 0 Å². The van der Waals surface area contributed by atoms with Gasteiger partial charge in [0.1, 0.15) is 0 Å². The van der Waals surface area contributed by atoms with Crippen molar-refractivity contribution < 1.29 is 5.11 Å². The molecule has 0 bridgehead atoms. The first-order valence-corrected chi connectivity index (χ1v) is 5.76. The van der Waals surface area contributed by atoms with Gasteiger partial charge in [0, 0.05) is 6.54 Å². The van der Waals surface area contributed by atoms with E-state index >= 15 is 0 Å². The van der Waals surface area contributed by atoms with Crippen molar-refractivity contribution in [2.75, 3.05) is 6.54 Å². The zero-order chi connectivity index (χ0) is 12.3. The number of benzene rings is 2. The van der Waals surface area contributed by atoms with E-state index in [1.165, 1.54) is 11.1 Å². The molecule has 0 aliphatic heterocycles. The van der Waals surface area contributed by atoms with Gasteiger partial charge in [0.2, 0.25) is 0 Å². The summed E-state index contributed by atoms with van der Waals surface area (Å²) in [6.45, 7) is 2.33. The van der Waals surface area contributed by atoms with Crippen LogP contribution in [-0.4, -0.2) is 11.7 Å². The molecule has 0 aliphatic carbocycles. The molecule has 0 saturated carbocycles. The molecule has 2 nitrogen and oxygen atoms in total. The number of aryl methyl sites for hydroxylation is 1. The normalized spacial score (nSPS) is 12.4. The van der Waals surface area contributed by atoms with Crippen molar-refractivity contribution in [3.63, 3.8) is 0 Å². The van der Waals surface area contributed by atoms with Crippen LogP contribution >= 0.6 is 0 Å². The van der Waals surface area contributed by atoms with Crippen molar-refractivity contribution in [3.8, 4) is 11.1 Å². The SMILES string of the molecule is Cc1ccccc1-c1cccc([C@@H](O)CN)c1. The van der Waals surface area contributed by atoms with Gasteiger partial charge in [0.15, 0.2) is 0 Å². The van der Waals surface area contributed by atoms with E-state index in [-0.39, 0.29) is 6.54 Å². The second-order valence-electron chi connectivity index (χ2n) is 4.19. The first-order chi connectivity index (χ1) is 8.22. The Morgan fingerprint density at radius 2 is 1.88 bits per heavy atom. The maximum atomic E-state index is 9.74. The predicted molar refractivity (Wildman–Crippen MR) is 70.6 cm³/mol. The maximum Gasteiger partial charge on any atom is 0.0912 e. The molecule has 0 spiro atoms. The number of aliphatic hydroxyl groups excluding tert-OH is 1. The van der Waals surface area contributed by atoms with Gasteiger partial charge in [0.05, 0.1) is 6.10 Å². The van der Waals surface area contributed by atoms with Gasteiger partial charge in [-0.1, -0.05) is 42.5 Å². The minimum absolute atomic E-state index is 0.247. The highest BCUT2D eigenvalue weighted by Crippen LogP contribution is 2.25. The number of aliphatic hydroxyl groups is 1. The number of rotatable bonds is 3. The molecule has 2 rings (SSSR count). The van der Waals surface area contributed by atoms with Gasteiger partial charge in [0.25, 0.3) is 0 Å². The lowest BCUT2D eigenvalue weighted by molar-refractivity contribution is 0.187. The van der Waals surface area contributed by atoms with Crippen LogP contribution in [0.1, 0.15) is 17.2 Å². The monoisotopic (exact) mass is 227 g/mol. The van der Waals surface area contributed by atoms with Gasteiger partial charge in [-0.25, -0.2) is 0 Å². The van der Waals surface area contributed by atoms with E-state index in [1.807, 2.05) is 30.3 Å². The van der Waals surface area contributed by atoms with Crippen molar-refractivity contribution in [2.24, 2.45) is 5.73 Å². The van der Waals surface area contributed by atoms with Gasteiger partial charge >= 0.3 is 0 Å². The fourth-order valence-corrected chi connectivity index (χ4v) is 1.95. The van der Waals surface area contributed by atoms with Gasteiger partial charge in [-0.2, -0.15) is 0 Å². The lowest BCUT2D eigenvalue weighted by atomic mass is 9.97. The maximum absolute atomic E-state index is 9.74. The highest BCUT2D eigenvalue weighted by Gasteiger charge is 2.07. The molecule has 0 aliphatic rings. The lowest BCUT2D eigenvalue weighted by Gasteiger charge is -2.11. The molecule has 3 N–H and O–H groups in total. The van der Waals surface area contributed by atoms with Crippen LogP contribution in [-0.2, 0) is 0 Å². The predicted octanol–water partition coefficient (Wildman–Crippen LogP) is 2.65. The number of hydrogen-bond acceptors (Lipinski definition) is 2. The molecule has 1 atom stereocenters. The summed E-state index contributed by atoms with van der Waals surface area (Å²) >= 11 is 0. The standard InChI is InChI=1S/C15H17NO/c1-11-5-2-3-8-14(11)12-6-4-7-13(9-12)15(17)10-16/h2-9,15,17H,10,16H2,1H3/t15-/m0/s1. The van der Waals surface area contributed by atoms with Crippen LogP contribution in [0.25, 0.3) is 11.1 Å². The van der Waals surface area contributed by atoms with E-state index in [4.69, 9.17) is 5.73 Å². The highest BCUT2D eigenvalue weighted by molar-refractivity contribution is 5.67. The Bertz CT molecular complexity index is 508. The summed E-state index contributed by atoms with van der Waals surface area (Å²) in [5.41, 5.74) is 9.88. The Hall–Kier alpha value is -1.64. The molecule has 17 heavy (non-hydrogen) atoms. The molecule has 2 aromatic carbocycles. The molecule has 88 valence electrons. The number of nitrogens with two attached hydrogens (primary N) is 1. The molecule has 2 aromatic rings. The van der Waals surface area contributed by atoms with Gasteiger partial charge < -0.3 is 10.8 Å². The summed E-state index contributed by atoms with van der Waals surface area (Å²) in [7, 11) is 0. The second-order valence-corrected chi connectivity index (χ2v) is 4.19. The minimum Gasteiger partial charge on any atom is -0.387 e. The summed E-state index contributed by atoms with van der Waals surface area (Å²) in [4.78, 5) is 0. The van der Waals surface area contributed by atoms with Crippen LogP contribution in [0.2, 0.25) is 0 Å². The number of hydrogen-bond donors (Lipinski definition) is 2. The molecule has 0 amide bonds. The zero-order valence-corrected chi connectivity index (χ0v) is 9.93. The van der Waals surface area contributed by atoms with Crippen LogP contribution < -0.4 is 5.73 Å². The quantitative estimate of drug-likeness (QED) is 0.846. The van der Waals surface area contributed by atoms with Crippen molar-refractivity contribution >= 4 is 0 Å². The summed E-state index contributed by atoms with van der Waals surface area (Å²) in [5.74, 6) is 0. The van der Waals surface area contributed by atoms with Crippen LogP contribution in [0, 0.1) is 6.92 Å². The average Bonchev–Trinajstić information content (AvgIpc) is 2.38. The van der Waals surface area contributed by atoms with Crippen LogP contribution in [0.3, 0.4) is 0 Å². The van der Waals surface area contributed by atoms with E-state index in [1.54, 1.807) is 0 Å². The third-order valence-corrected chi connectivity index (χ3v) is 2.95. The topological polar surface area (TPSA) is 46.2 Å². The lowest BCUT2D eigenvalue weighted by Crippen LogP contribution is -2.11. The van der Waals surface area contributed by atoms with Crippen molar-refractivity contribution in [2.45, 2.75) is 13.0 Å². The first-order valence-electron chi connectivity index (χ1n) is 5.76. The summed E-state index contributed by atoms with van der Waals surface area (Å²) in [6, 6.07) is 16.1. The van der Waals surface area contributed by atoms with Crippen LogP contribution in [0.5, 0.6) is 0 Å². The van der Waals surface area contributed by atoms with E-state index in [9.17, 15) is 5.11 Å². The summed E-state index contributed by atoms with van der Waals surface area (Å²) in [6.07, 6.45) is -0.584. The molecule has 2 heteroatoms. The highest BCUT2D eigenvalue weighted by atomic mass is 16.3. The largest absolute Gasteiger partial charge is 0.387 e. The third kappa shape index (κ3) is 2.54. The van der Waals surface area contributed by atoms with E-state index < -0.39 is 6.10 Å². The fraction of sp³-hybridized carbons (Fsp3) is 0.200. The van der Waals surface area contributed by atoms with Crippen LogP contribution in [0.15, 0.2) is 48.5 Å². The van der Waals surface area contributed by atoms with Gasteiger partial charge in [-0.3, -0.25) is 0 Å². The first kappa shape index (κ1) is 11.8. The third-order valence-electron chi connectivity index (χ3n) is 2.95. The van der Waals surface area contributed by atoms with E-state index in [2.05, 4.69) is 25.1 Å². The Morgan fingerprint density at radius 3 is 2.59 bits per heavy atom.